The van der Waals surface area contributed by atoms with Crippen LogP contribution in [0.15, 0.2) is 165 Å². The first-order valence-electron chi connectivity index (χ1n) is 29.3. The van der Waals surface area contributed by atoms with Crippen LogP contribution in [0.25, 0.3) is 76.8 Å². The van der Waals surface area contributed by atoms with E-state index in [-0.39, 0.29) is 86.2 Å². The zero-order valence-corrected chi connectivity index (χ0v) is 59.0. The van der Waals surface area contributed by atoms with E-state index in [0.29, 0.717) is 104 Å². The van der Waals surface area contributed by atoms with E-state index in [1.807, 2.05) is 184 Å². The number of nitrogens with one attached hydrogen (secondary N) is 1. The van der Waals surface area contributed by atoms with Gasteiger partial charge in [0.15, 0.2) is 16.3 Å². The predicted molar refractivity (Wildman–Crippen MR) is 386 cm³/mol. The van der Waals surface area contributed by atoms with Crippen molar-refractivity contribution in [3.8, 4) is 11.4 Å². The molecule has 6 aromatic heterocycles. The van der Waals surface area contributed by atoms with Crippen LogP contribution < -0.4 is 49.8 Å². The first kappa shape index (κ1) is 75.3. The average Bonchev–Trinajstić information content (AvgIpc) is 0.836. The maximum absolute atomic E-state index is 13.4. The number of hydrogen-bond donors (Lipinski definition) is 2. The maximum Gasteiger partial charge on any atom is 1.00 e. The van der Waals surface area contributed by atoms with Gasteiger partial charge in [0, 0.05) is 126 Å². The van der Waals surface area contributed by atoms with Gasteiger partial charge >= 0.3 is 36.8 Å². The molecule has 0 unspecified atom stereocenters. The molecule has 0 aliphatic rings. The number of aromatic nitrogens is 6. The van der Waals surface area contributed by atoms with Gasteiger partial charge in [0.2, 0.25) is 0 Å². The molecule has 95 heavy (non-hydrogen) atoms. The third kappa shape index (κ3) is 15.7. The van der Waals surface area contributed by atoms with Crippen molar-refractivity contribution >= 4 is 151 Å². The number of fused-ring (bicyclic) bond motifs is 6. The number of ether oxygens (including phenoxy) is 2. The van der Waals surface area contributed by atoms with Crippen LogP contribution in [0.3, 0.4) is 0 Å². The molecule has 19 nitrogen and oxygen atoms in total. The van der Waals surface area contributed by atoms with Gasteiger partial charge in [-0.3, -0.25) is 28.8 Å². The molecule has 0 saturated heterocycles. The smallest absolute Gasteiger partial charge is 0.870 e. The largest absolute Gasteiger partial charge is 1.00 e. The van der Waals surface area contributed by atoms with Crippen molar-refractivity contribution in [3.05, 3.63) is 221 Å². The zero-order chi connectivity index (χ0) is 66.6. The van der Waals surface area contributed by atoms with Crippen molar-refractivity contribution < 1.29 is 53.3 Å². The molecule has 0 aliphatic heterocycles. The third-order valence-electron chi connectivity index (χ3n) is 15.4. The maximum atomic E-state index is 13.4. The number of pyridine rings is 3. The van der Waals surface area contributed by atoms with Gasteiger partial charge in [0.05, 0.1) is 78.4 Å². The van der Waals surface area contributed by atoms with Crippen molar-refractivity contribution in [2.75, 3.05) is 70.2 Å². The molecule has 6 heterocycles. The topological polar surface area (TPSA) is 221 Å². The first-order valence-corrected chi connectivity index (χ1v) is 31.2. The molecule has 0 bridgehead atoms. The van der Waals surface area contributed by atoms with E-state index in [0.717, 1.165) is 27.2 Å². The fourth-order valence-electron chi connectivity index (χ4n) is 11.4. The quantitative estimate of drug-likeness (QED) is 0.0475. The Balaban J connectivity index is 0.000000213. The summed E-state index contributed by atoms with van der Waals surface area (Å²) in [5.41, 5.74) is 10.3. The van der Waals surface area contributed by atoms with Gasteiger partial charge in [0.25, 0.3) is 0 Å². The minimum absolute atomic E-state index is 0. The number of benzene rings is 6. The summed E-state index contributed by atoms with van der Waals surface area (Å²) in [7, 11) is 11.1. The van der Waals surface area contributed by atoms with Crippen molar-refractivity contribution in [1.82, 2.24) is 27.8 Å². The van der Waals surface area contributed by atoms with Gasteiger partial charge in [-0.15, -0.1) is 0 Å². The number of carboxylic acids is 1. The van der Waals surface area contributed by atoms with E-state index in [4.69, 9.17) is 44.3 Å². The number of hydrogen-bond acceptors (Lipinski definition) is 12. The summed E-state index contributed by atoms with van der Waals surface area (Å²) in [4.78, 5) is 84.7. The van der Waals surface area contributed by atoms with Gasteiger partial charge in [0.1, 0.15) is 19.6 Å². The van der Waals surface area contributed by atoms with Crippen molar-refractivity contribution in [2.45, 2.75) is 54.3 Å². The molecule has 0 aliphatic carbocycles. The van der Waals surface area contributed by atoms with Crippen molar-refractivity contribution in [2.24, 2.45) is 0 Å². The van der Waals surface area contributed by atoms with Crippen LogP contribution >= 0.6 is 50.7 Å². The summed E-state index contributed by atoms with van der Waals surface area (Å²) in [6.45, 7) is 9.80. The SMILES string of the molecule is CCOC(=O)Cn1c2cc(-n3cccc3C)ccc2c(=O)c2ccc(Cl)c(N(C)C)c21.CCOC(=O)Cn1c2cc(Br)ccc2c(=O)c2ccc(Cl)c(N(C)C)c21.Cc1ccc[nH]1.Cc1cccn1-c1ccc2c(=O)c3ccc(Cl)c(N(C)C)c3n(CC(=O)O)c2c1.[CH3-].[Li+].[OH-]. The van der Waals surface area contributed by atoms with Gasteiger partial charge in [-0.05, 0) is 162 Å². The molecule has 0 spiro atoms. The molecular formula is C71H73BrCl3LiN9O10-. The predicted octanol–water partition coefficient (Wildman–Crippen LogP) is 11.4. The van der Waals surface area contributed by atoms with E-state index < -0.39 is 5.97 Å². The fraction of sp³-hybridized carbons (Fsp3) is 0.225. The minimum Gasteiger partial charge on any atom is -0.870 e. The Kier molecular flexibility index (Phi) is 25.5. The van der Waals surface area contributed by atoms with E-state index in [1.54, 1.807) is 76.4 Å². The molecule has 12 rings (SSSR count). The number of aryl methyl sites for hydroxylation is 3. The Morgan fingerprint density at radius 3 is 1.15 bits per heavy atom. The number of carbonyl (C=O) groups is 3. The normalized spacial score (nSPS) is 10.7. The summed E-state index contributed by atoms with van der Waals surface area (Å²) in [5.74, 6) is -1.74. The fourth-order valence-corrected chi connectivity index (χ4v) is 12.7. The number of H-pyrrole nitrogens is 1. The molecule has 0 saturated carbocycles. The Morgan fingerprint density at radius 2 is 0.853 bits per heavy atom. The van der Waals surface area contributed by atoms with Gasteiger partial charge in [-0.25, -0.2) is 0 Å². The molecule has 6 aromatic carbocycles. The molecule has 12 aromatic rings. The van der Waals surface area contributed by atoms with Crippen LogP contribution in [0.1, 0.15) is 30.9 Å². The standard InChI is InChI=1S/C24H24ClN3O3.C22H20ClN3O3.C19H18BrClN2O3.C5H7N.CH3.Li.H2O/c1-5-31-21(29)14-28-20-13-16(27-12-6-7-15(27)2)8-9-17(20)24(30)18-10-11-19(25)23(22(18)28)26(3)4;1-13-5-4-10-25(13)14-6-7-15-18(11-14)26(12-19(27)28)20-16(22(15)29)8-9-17(23)21(20)24(2)3;1-4-26-16(24)10-23-15-9-11(20)5-6-12(15)19(25)13-7-8-14(21)18(17(13)23)22(2)3;1-5-3-2-4-6-5;;;/h6-13H,5,14H2,1-4H3;4-11H,12H2,1-3H3,(H,27,28);5-9H,4,10H2,1-3H3;2-4,6H,1H3;1H3;;1H2/q;;;;-1;+1;/p-1. The molecule has 0 radical (unpaired) electrons. The minimum atomic E-state index is -0.997. The Bertz CT molecular complexity index is 5020. The van der Waals surface area contributed by atoms with Crippen LogP contribution in [0.4, 0.5) is 17.1 Å². The Labute approximate surface area is 584 Å². The van der Waals surface area contributed by atoms with E-state index >= 15 is 0 Å². The van der Waals surface area contributed by atoms with Crippen LogP contribution in [-0.2, 0) is 43.5 Å². The van der Waals surface area contributed by atoms with Crippen molar-refractivity contribution in [1.29, 1.82) is 0 Å². The summed E-state index contributed by atoms with van der Waals surface area (Å²) < 4.78 is 20.5. The number of halogens is 4. The van der Waals surface area contributed by atoms with E-state index in [9.17, 15) is 33.9 Å². The number of aromatic amines is 1. The number of aliphatic carboxylic acids is 1. The second-order valence-corrected chi connectivity index (χ2v) is 24.4. The van der Waals surface area contributed by atoms with Crippen LogP contribution in [-0.4, -0.2) is 112 Å². The van der Waals surface area contributed by atoms with Gasteiger partial charge in [-0.1, -0.05) is 50.7 Å². The summed E-state index contributed by atoms with van der Waals surface area (Å²) in [6, 6.07) is 38.7. The number of rotatable bonds is 13. The van der Waals surface area contributed by atoms with Crippen LogP contribution in [0, 0.1) is 28.2 Å². The van der Waals surface area contributed by atoms with Crippen LogP contribution in [0.5, 0.6) is 0 Å². The first-order chi connectivity index (χ1) is 43.9. The van der Waals surface area contributed by atoms with E-state index in [2.05, 4.69) is 20.9 Å². The Hall–Kier alpha value is -8.71. The molecule has 0 fully saturated rings. The number of carboxylic acid groups (broad SMARTS) is 1. The van der Waals surface area contributed by atoms with Gasteiger partial charge in [-0.2, -0.15) is 0 Å². The molecular weight excluding hydrogens is 1330 g/mol. The molecule has 3 N–H and O–H groups in total. The number of nitrogens with zero attached hydrogens (tertiary/aromatic N) is 8. The van der Waals surface area contributed by atoms with Crippen molar-refractivity contribution in [3.63, 3.8) is 0 Å². The summed E-state index contributed by atoms with van der Waals surface area (Å²) in [5, 5.41) is 14.1. The third-order valence-corrected chi connectivity index (χ3v) is 16.8. The number of esters is 2. The van der Waals surface area contributed by atoms with Gasteiger partial charge < -0.3 is 70.0 Å². The Morgan fingerprint density at radius 1 is 0.505 bits per heavy atom. The van der Waals surface area contributed by atoms with E-state index in [1.165, 1.54) is 5.69 Å². The summed E-state index contributed by atoms with van der Waals surface area (Å²) >= 11 is 22.8. The number of carbonyl (C=O) groups excluding carboxylic acids is 2. The molecule has 492 valence electrons. The monoisotopic (exact) mass is 1400 g/mol. The zero-order valence-electron chi connectivity index (χ0n) is 55.1. The second kappa shape index (κ2) is 32.1. The summed E-state index contributed by atoms with van der Waals surface area (Å²) in [6.07, 6.45) is 5.81. The number of anilines is 3. The molecule has 24 heteroatoms. The second-order valence-electron chi connectivity index (χ2n) is 22.3. The average molecular weight is 1410 g/mol. The molecule has 0 amide bonds. The molecule has 0 atom stereocenters. The van der Waals surface area contributed by atoms with Crippen LogP contribution in [0.2, 0.25) is 15.1 Å².